The van der Waals surface area contributed by atoms with Crippen molar-refractivity contribution in [3.63, 3.8) is 0 Å². The highest BCUT2D eigenvalue weighted by atomic mass is 16.5. The summed E-state index contributed by atoms with van der Waals surface area (Å²) in [5.41, 5.74) is 0. The average molecular weight is 336 g/mol. The van der Waals surface area contributed by atoms with Gasteiger partial charge in [-0.3, -0.25) is 0 Å². The van der Waals surface area contributed by atoms with Gasteiger partial charge in [-0.25, -0.2) is 0 Å². The van der Waals surface area contributed by atoms with E-state index in [1.807, 2.05) is 0 Å². The zero-order valence-corrected chi connectivity index (χ0v) is 16.1. The van der Waals surface area contributed by atoms with Crippen molar-refractivity contribution in [1.82, 2.24) is 0 Å². The molecule has 1 aliphatic heterocycles. The molecule has 1 heterocycles. The molecule has 0 bridgehead atoms. The van der Waals surface area contributed by atoms with Crippen molar-refractivity contribution in [3.05, 3.63) is 0 Å². The van der Waals surface area contributed by atoms with Crippen molar-refractivity contribution in [2.75, 3.05) is 13.2 Å². The fourth-order valence-corrected chi connectivity index (χ4v) is 3.69. The van der Waals surface area contributed by atoms with Gasteiger partial charge in [-0.15, -0.1) is 0 Å². The topological polar surface area (TPSA) is 33.0 Å². The summed E-state index contributed by atoms with van der Waals surface area (Å²) in [4.78, 5) is 0. The first kappa shape index (κ1) is 21.5. The second-order valence-corrected chi connectivity index (χ2v) is 7.67. The fraction of sp³-hybridized carbons (Fsp3) is 0.955. The molecule has 1 fully saturated rings. The highest BCUT2D eigenvalue weighted by molar-refractivity contribution is 4.82. The van der Waals surface area contributed by atoms with E-state index in [0.29, 0.717) is 5.92 Å². The second-order valence-electron chi connectivity index (χ2n) is 7.67. The summed E-state index contributed by atoms with van der Waals surface area (Å²) in [6.07, 6.45) is 23.6. The Kier molecular flexibility index (Phi) is 15.5. The minimum absolute atomic E-state index is 0.311. The third-order valence-electron chi connectivity index (χ3n) is 5.37. The molecule has 0 N–H and O–H groups in total. The Morgan fingerprint density at radius 2 is 0.833 bits per heavy atom. The van der Waals surface area contributed by atoms with E-state index in [1.54, 1.807) is 0 Å². The van der Waals surface area contributed by atoms with Crippen LogP contribution in [0.1, 0.15) is 116 Å². The lowest BCUT2D eigenvalue weighted by Crippen LogP contribution is -1.99. The van der Waals surface area contributed by atoms with Crippen molar-refractivity contribution in [2.24, 2.45) is 5.92 Å². The van der Waals surface area contributed by atoms with Crippen molar-refractivity contribution in [1.29, 1.82) is 5.26 Å². The summed E-state index contributed by atoms with van der Waals surface area (Å²) < 4.78 is 5.74. The van der Waals surface area contributed by atoms with Crippen LogP contribution in [0, 0.1) is 17.2 Å². The van der Waals surface area contributed by atoms with Crippen LogP contribution in [0.25, 0.3) is 0 Å². The van der Waals surface area contributed by atoms with Crippen LogP contribution in [0.2, 0.25) is 0 Å². The predicted octanol–water partition coefficient (Wildman–Crippen LogP) is 7.18. The smallest absolute Gasteiger partial charge is 0.0655 e. The zero-order chi connectivity index (χ0) is 17.1. The van der Waals surface area contributed by atoms with Crippen LogP contribution in [-0.4, -0.2) is 13.2 Å². The standard InChI is InChI=1S/C22H41NO/c23-21-22-17-13-9-6-4-2-1-3-5-7-11-15-19-24-20-16-12-8-10-14-18-22/h22H,1-20H2. The monoisotopic (exact) mass is 335 g/mol. The van der Waals surface area contributed by atoms with E-state index in [4.69, 9.17) is 4.74 Å². The minimum Gasteiger partial charge on any atom is -0.381 e. The summed E-state index contributed by atoms with van der Waals surface area (Å²) >= 11 is 0. The van der Waals surface area contributed by atoms with E-state index in [0.717, 1.165) is 26.1 Å². The molecule has 0 saturated carbocycles. The van der Waals surface area contributed by atoms with Gasteiger partial charge in [-0.1, -0.05) is 89.9 Å². The third-order valence-corrected chi connectivity index (χ3v) is 5.37. The van der Waals surface area contributed by atoms with Gasteiger partial charge in [0, 0.05) is 19.1 Å². The number of ether oxygens (including phenoxy) is 1. The number of hydrogen-bond acceptors (Lipinski definition) is 2. The zero-order valence-electron chi connectivity index (χ0n) is 16.1. The third kappa shape index (κ3) is 13.8. The first-order chi connectivity index (χ1) is 11.9. The van der Waals surface area contributed by atoms with Crippen LogP contribution < -0.4 is 0 Å². The normalized spacial score (nSPS) is 25.7. The van der Waals surface area contributed by atoms with Crippen molar-refractivity contribution < 1.29 is 4.74 Å². The van der Waals surface area contributed by atoms with Crippen LogP contribution in [0.3, 0.4) is 0 Å². The van der Waals surface area contributed by atoms with Gasteiger partial charge in [0.25, 0.3) is 0 Å². The Morgan fingerprint density at radius 3 is 1.21 bits per heavy atom. The van der Waals surface area contributed by atoms with E-state index in [2.05, 4.69) is 6.07 Å². The molecule has 24 heavy (non-hydrogen) atoms. The summed E-state index contributed by atoms with van der Waals surface area (Å²) in [6, 6.07) is 2.53. The lowest BCUT2D eigenvalue weighted by molar-refractivity contribution is 0.125. The van der Waals surface area contributed by atoms with Crippen LogP contribution in [0.4, 0.5) is 0 Å². The minimum atomic E-state index is 0.311. The number of nitriles is 1. The molecule has 0 spiro atoms. The van der Waals surface area contributed by atoms with Gasteiger partial charge in [0.05, 0.1) is 6.07 Å². The van der Waals surface area contributed by atoms with Crippen molar-refractivity contribution in [3.8, 4) is 6.07 Å². The molecule has 0 amide bonds. The summed E-state index contributed by atoms with van der Waals surface area (Å²) in [5, 5.41) is 9.29. The van der Waals surface area contributed by atoms with Gasteiger partial charge in [0.15, 0.2) is 0 Å². The summed E-state index contributed by atoms with van der Waals surface area (Å²) in [5.74, 6) is 0.311. The number of rotatable bonds is 0. The summed E-state index contributed by atoms with van der Waals surface area (Å²) in [7, 11) is 0. The van der Waals surface area contributed by atoms with Gasteiger partial charge < -0.3 is 4.74 Å². The van der Waals surface area contributed by atoms with E-state index in [9.17, 15) is 5.26 Å². The Balaban J connectivity index is 2.14. The van der Waals surface area contributed by atoms with E-state index in [-0.39, 0.29) is 0 Å². The largest absolute Gasteiger partial charge is 0.381 e. The average Bonchev–Trinajstić information content (AvgIpc) is 2.60. The Hall–Kier alpha value is -0.550. The molecule has 2 heteroatoms. The number of nitrogens with zero attached hydrogens (tertiary/aromatic N) is 1. The second kappa shape index (κ2) is 17.3. The first-order valence-electron chi connectivity index (χ1n) is 10.9. The predicted molar refractivity (Wildman–Crippen MR) is 103 cm³/mol. The van der Waals surface area contributed by atoms with Crippen LogP contribution in [-0.2, 0) is 4.74 Å². The molecule has 140 valence electrons. The lowest BCUT2D eigenvalue weighted by Gasteiger charge is -2.09. The van der Waals surface area contributed by atoms with Gasteiger partial charge in [0.2, 0.25) is 0 Å². The van der Waals surface area contributed by atoms with Gasteiger partial charge in [-0.05, 0) is 25.7 Å². The quantitative estimate of drug-likeness (QED) is 0.469. The Morgan fingerprint density at radius 1 is 0.500 bits per heavy atom. The molecule has 1 unspecified atom stereocenters. The first-order valence-corrected chi connectivity index (χ1v) is 10.9. The molecular formula is C22H41NO. The summed E-state index contributed by atoms with van der Waals surface area (Å²) in [6.45, 7) is 1.91. The van der Waals surface area contributed by atoms with E-state index >= 15 is 0 Å². The molecule has 0 aromatic heterocycles. The highest BCUT2D eigenvalue weighted by Gasteiger charge is 2.06. The maximum absolute atomic E-state index is 9.29. The Labute approximate surface area is 151 Å². The molecule has 2 nitrogen and oxygen atoms in total. The fourth-order valence-electron chi connectivity index (χ4n) is 3.69. The van der Waals surface area contributed by atoms with Crippen molar-refractivity contribution >= 4 is 0 Å². The van der Waals surface area contributed by atoms with Gasteiger partial charge in [0.1, 0.15) is 0 Å². The molecule has 1 atom stereocenters. The molecule has 1 rings (SSSR count). The van der Waals surface area contributed by atoms with Gasteiger partial charge in [-0.2, -0.15) is 5.26 Å². The van der Waals surface area contributed by atoms with Crippen LogP contribution >= 0.6 is 0 Å². The lowest BCUT2D eigenvalue weighted by atomic mass is 9.95. The van der Waals surface area contributed by atoms with E-state index < -0.39 is 0 Å². The Bertz CT molecular complexity index is 275. The van der Waals surface area contributed by atoms with Crippen LogP contribution in [0.5, 0.6) is 0 Å². The van der Waals surface area contributed by atoms with Crippen LogP contribution in [0.15, 0.2) is 0 Å². The van der Waals surface area contributed by atoms with Gasteiger partial charge >= 0.3 is 0 Å². The van der Waals surface area contributed by atoms with Crippen molar-refractivity contribution in [2.45, 2.75) is 116 Å². The highest BCUT2D eigenvalue weighted by Crippen LogP contribution is 2.19. The maximum Gasteiger partial charge on any atom is 0.0655 e. The molecule has 1 aliphatic rings. The molecule has 0 aromatic rings. The number of hydrogen-bond donors (Lipinski definition) is 0. The molecule has 1 saturated heterocycles. The molecule has 0 aliphatic carbocycles. The molecule has 0 aromatic carbocycles. The SMILES string of the molecule is N#CC1CCCCCCCCCCCCCOCCCCCCC1. The maximum atomic E-state index is 9.29. The molecular weight excluding hydrogens is 294 g/mol. The van der Waals surface area contributed by atoms with E-state index in [1.165, 1.54) is 103 Å². The molecule has 0 radical (unpaired) electrons.